The first kappa shape index (κ1) is 25.1. The van der Waals surface area contributed by atoms with Crippen LogP contribution in [0.4, 0.5) is 10.1 Å². The van der Waals surface area contributed by atoms with Crippen molar-refractivity contribution in [2.24, 2.45) is 5.92 Å². The molecule has 3 aromatic rings. The van der Waals surface area contributed by atoms with E-state index in [2.05, 4.69) is 10.5 Å². The van der Waals surface area contributed by atoms with Crippen LogP contribution >= 0.6 is 11.6 Å². The molecular formula is C25H25ClFN3O4S. The summed E-state index contributed by atoms with van der Waals surface area (Å²) < 4.78 is 47.1. The van der Waals surface area contributed by atoms with Crippen LogP contribution in [0, 0.1) is 25.6 Å². The average Bonchev–Trinajstić information content (AvgIpc) is 3.22. The zero-order valence-corrected chi connectivity index (χ0v) is 20.9. The Kier molecular flexibility index (Phi) is 7.39. The standard InChI is InChI=1S/C25H25ClFN3O4S/c1-16-5-7-18(8-6-16)9-12-23-24(17(2)29-34-23)35(32,33)30-13-3-4-19(15-30)25(31)28-20-10-11-22(27)21(26)14-20/h5-12,14,19H,3-4,13,15H2,1-2H3,(H,28,31)/b12-9+/t19-/m1/s1. The van der Waals surface area contributed by atoms with Crippen LogP contribution in [0.1, 0.15) is 35.4 Å². The Morgan fingerprint density at radius 3 is 2.66 bits per heavy atom. The lowest BCUT2D eigenvalue weighted by Crippen LogP contribution is -2.43. The van der Waals surface area contributed by atoms with Crippen molar-refractivity contribution in [3.63, 3.8) is 0 Å². The Hall–Kier alpha value is -3.01. The average molecular weight is 518 g/mol. The number of sulfonamides is 1. The van der Waals surface area contributed by atoms with Crippen LogP contribution in [-0.4, -0.2) is 36.9 Å². The highest BCUT2D eigenvalue weighted by atomic mass is 35.5. The van der Waals surface area contributed by atoms with Crippen molar-refractivity contribution in [1.29, 1.82) is 0 Å². The van der Waals surface area contributed by atoms with Gasteiger partial charge in [0.15, 0.2) is 10.7 Å². The van der Waals surface area contributed by atoms with Crippen LogP contribution in [0.2, 0.25) is 5.02 Å². The van der Waals surface area contributed by atoms with Gasteiger partial charge in [-0.05, 0) is 56.5 Å². The molecule has 1 aromatic heterocycles. The topological polar surface area (TPSA) is 92.5 Å². The van der Waals surface area contributed by atoms with E-state index in [0.717, 1.165) is 17.2 Å². The van der Waals surface area contributed by atoms with Crippen LogP contribution < -0.4 is 5.32 Å². The van der Waals surface area contributed by atoms with Gasteiger partial charge in [0.05, 0.1) is 10.9 Å². The quantitative estimate of drug-likeness (QED) is 0.479. The molecule has 184 valence electrons. The molecule has 1 amide bonds. The molecule has 0 aliphatic carbocycles. The minimum atomic E-state index is -3.97. The Labute approximate surface area is 208 Å². The minimum absolute atomic E-state index is 0.00719. The van der Waals surface area contributed by atoms with Crippen molar-refractivity contribution in [3.8, 4) is 0 Å². The van der Waals surface area contributed by atoms with Crippen LogP contribution in [0.5, 0.6) is 0 Å². The van der Waals surface area contributed by atoms with E-state index in [1.54, 1.807) is 19.1 Å². The molecule has 1 fully saturated rings. The number of nitrogens with one attached hydrogen (secondary N) is 1. The van der Waals surface area contributed by atoms with E-state index in [4.69, 9.17) is 16.1 Å². The lowest BCUT2D eigenvalue weighted by Gasteiger charge is -2.31. The fourth-order valence-electron chi connectivity index (χ4n) is 3.97. The van der Waals surface area contributed by atoms with Gasteiger partial charge in [-0.15, -0.1) is 0 Å². The van der Waals surface area contributed by atoms with Crippen molar-refractivity contribution in [3.05, 3.63) is 75.9 Å². The maximum Gasteiger partial charge on any atom is 0.248 e. The molecule has 0 saturated carbocycles. The van der Waals surface area contributed by atoms with Gasteiger partial charge in [-0.1, -0.05) is 52.7 Å². The van der Waals surface area contributed by atoms with Crippen molar-refractivity contribution in [2.75, 3.05) is 18.4 Å². The van der Waals surface area contributed by atoms with E-state index in [9.17, 15) is 17.6 Å². The number of benzene rings is 2. The van der Waals surface area contributed by atoms with Gasteiger partial charge in [-0.2, -0.15) is 4.31 Å². The molecule has 10 heteroatoms. The van der Waals surface area contributed by atoms with Crippen LogP contribution in [0.25, 0.3) is 12.2 Å². The Morgan fingerprint density at radius 1 is 1.20 bits per heavy atom. The van der Waals surface area contributed by atoms with Crippen LogP contribution in [-0.2, 0) is 14.8 Å². The maximum absolute atomic E-state index is 13.6. The highest BCUT2D eigenvalue weighted by Crippen LogP contribution is 2.30. The van der Waals surface area contributed by atoms with E-state index in [0.29, 0.717) is 18.5 Å². The number of carbonyl (C=O) groups is 1. The molecule has 0 unspecified atom stereocenters. The number of piperidine rings is 1. The number of carbonyl (C=O) groups excluding carboxylic acids is 1. The summed E-state index contributed by atoms with van der Waals surface area (Å²) in [6, 6.07) is 11.7. The van der Waals surface area contributed by atoms with E-state index < -0.39 is 21.8 Å². The Balaban J connectivity index is 1.52. The number of rotatable bonds is 6. The molecule has 0 spiro atoms. The number of hydrogen-bond donors (Lipinski definition) is 1. The number of aryl methyl sites for hydroxylation is 2. The van der Waals surface area contributed by atoms with E-state index in [1.807, 2.05) is 31.2 Å². The molecule has 2 aromatic carbocycles. The molecule has 1 saturated heterocycles. The van der Waals surface area contributed by atoms with Crippen molar-refractivity contribution < 1.29 is 22.1 Å². The van der Waals surface area contributed by atoms with Gasteiger partial charge >= 0.3 is 0 Å². The largest absolute Gasteiger partial charge is 0.355 e. The van der Waals surface area contributed by atoms with Gasteiger partial charge in [0.2, 0.25) is 15.9 Å². The summed E-state index contributed by atoms with van der Waals surface area (Å²) in [6.07, 6.45) is 4.39. The van der Waals surface area contributed by atoms with Crippen LogP contribution in [0.15, 0.2) is 51.9 Å². The maximum atomic E-state index is 13.6. The smallest absolute Gasteiger partial charge is 0.248 e. The third kappa shape index (κ3) is 5.63. The predicted octanol–water partition coefficient (Wildman–Crippen LogP) is 5.29. The predicted molar refractivity (Wildman–Crippen MR) is 133 cm³/mol. The number of aromatic nitrogens is 1. The molecule has 1 atom stereocenters. The first-order valence-electron chi connectivity index (χ1n) is 11.1. The molecule has 2 heterocycles. The number of amides is 1. The summed E-state index contributed by atoms with van der Waals surface area (Å²) in [6.45, 7) is 3.85. The summed E-state index contributed by atoms with van der Waals surface area (Å²) in [7, 11) is -3.97. The highest BCUT2D eigenvalue weighted by molar-refractivity contribution is 7.89. The molecule has 35 heavy (non-hydrogen) atoms. The van der Waals surface area contributed by atoms with E-state index >= 15 is 0 Å². The second-order valence-corrected chi connectivity index (χ2v) is 10.8. The second-order valence-electron chi connectivity index (χ2n) is 8.53. The van der Waals surface area contributed by atoms with E-state index in [1.165, 1.54) is 16.4 Å². The molecule has 7 nitrogen and oxygen atoms in total. The van der Waals surface area contributed by atoms with Gasteiger partial charge in [0, 0.05) is 18.8 Å². The third-order valence-corrected chi connectivity index (χ3v) is 8.19. The number of halogens is 2. The molecule has 1 N–H and O–H groups in total. The molecule has 0 radical (unpaired) electrons. The Bertz CT molecular complexity index is 1370. The van der Waals surface area contributed by atoms with Gasteiger partial charge in [-0.3, -0.25) is 4.79 Å². The van der Waals surface area contributed by atoms with E-state index in [-0.39, 0.29) is 40.4 Å². The molecular weight excluding hydrogens is 493 g/mol. The molecule has 4 rings (SSSR count). The zero-order valence-electron chi connectivity index (χ0n) is 19.3. The highest BCUT2D eigenvalue weighted by Gasteiger charge is 2.37. The summed E-state index contributed by atoms with van der Waals surface area (Å²) in [5, 5.41) is 6.47. The summed E-state index contributed by atoms with van der Waals surface area (Å²) in [4.78, 5) is 12.8. The number of nitrogens with zero attached hydrogens (tertiary/aromatic N) is 2. The van der Waals surface area contributed by atoms with Crippen molar-refractivity contribution in [2.45, 2.75) is 31.6 Å². The first-order chi connectivity index (χ1) is 16.6. The van der Waals surface area contributed by atoms with Crippen LogP contribution in [0.3, 0.4) is 0 Å². The zero-order chi connectivity index (χ0) is 25.2. The first-order valence-corrected chi connectivity index (χ1v) is 12.9. The number of anilines is 1. The second kappa shape index (κ2) is 10.3. The number of hydrogen-bond acceptors (Lipinski definition) is 5. The van der Waals surface area contributed by atoms with Gasteiger partial charge in [0.1, 0.15) is 11.5 Å². The summed E-state index contributed by atoms with van der Waals surface area (Å²) in [5.74, 6) is -1.38. The fourth-order valence-corrected chi connectivity index (χ4v) is 5.92. The molecule has 1 aliphatic rings. The lowest BCUT2D eigenvalue weighted by molar-refractivity contribution is -0.120. The van der Waals surface area contributed by atoms with Gasteiger partial charge < -0.3 is 9.84 Å². The summed E-state index contributed by atoms with van der Waals surface area (Å²) >= 11 is 5.79. The normalized spacial score (nSPS) is 17.1. The van der Waals surface area contributed by atoms with Gasteiger partial charge in [-0.25, -0.2) is 12.8 Å². The fraction of sp³-hybridized carbons (Fsp3) is 0.280. The minimum Gasteiger partial charge on any atom is -0.355 e. The Morgan fingerprint density at radius 2 is 1.94 bits per heavy atom. The van der Waals surface area contributed by atoms with Crippen molar-refractivity contribution in [1.82, 2.24) is 9.46 Å². The van der Waals surface area contributed by atoms with Crippen molar-refractivity contribution >= 4 is 45.4 Å². The third-order valence-electron chi connectivity index (χ3n) is 5.88. The van der Waals surface area contributed by atoms with Gasteiger partial charge in [0.25, 0.3) is 0 Å². The SMILES string of the molecule is Cc1ccc(/C=C/c2onc(C)c2S(=O)(=O)N2CCC[C@@H](C(=O)Nc3ccc(F)c(Cl)c3)C2)cc1. The lowest BCUT2D eigenvalue weighted by atomic mass is 9.99. The molecule has 0 bridgehead atoms. The molecule has 1 aliphatic heterocycles. The monoisotopic (exact) mass is 517 g/mol. The summed E-state index contributed by atoms with van der Waals surface area (Å²) in [5.41, 5.74) is 2.61.